The minimum atomic E-state index is -0.0725. The molecule has 0 fully saturated rings. The molecule has 3 aromatic rings. The van der Waals surface area contributed by atoms with Crippen LogP contribution in [-0.4, -0.2) is 10.9 Å². The van der Waals surface area contributed by atoms with Crippen LogP contribution < -0.4 is 5.32 Å². The van der Waals surface area contributed by atoms with Gasteiger partial charge in [-0.05, 0) is 44.0 Å². The second-order valence-corrected chi connectivity index (χ2v) is 5.51. The van der Waals surface area contributed by atoms with Crippen LogP contribution in [0.25, 0.3) is 11.0 Å². The molecule has 22 heavy (non-hydrogen) atoms. The molecule has 114 valence electrons. The Hall–Kier alpha value is -2.56. The van der Waals surface area contributed by atoms with Crippen LogP contribution >= 0.6 is 0 Å². The Kier molecular flexibility index (Phi) is 3.71. The van der Waals surface area contributed by atoms with Gasteiger partial charge >= 0.3 is 0 Å². The molecule has 5 heteroatoms. The van der Waals surface area contributed by atoms with Gasteiger partial charge in [0.1, 0.15) is 11.3 Å². The van der Waals surface area contributed by atoms with Crippen molar-refractivity contribution in [1.82, 2.24) is 10.3 Å². The number of nitrogens with zero attached hydrogens (tertiary/aromatic N) is 1. The average Bonchev–Trinajstić information content (AvgIpc) is 3.05. The highest BCUT2D eigenvalue weighted by atomic mass is 16.3. The lowest BCUT2D eigenvalue weighted by Crippen LogP contribution is -2.24. The first kappa shape index (κ1) is 14.4. The summed E-state index contributed by atoms with van der Waals surface area (Å²) in [5.74, 6) is 0.605. The molecule has 0 radical (unpaired) electrons. The van der Waals surface area contributed by atoms with E-state index in [1.165, 1.54) is 17.5 Å². The molecule has 0 aliphatic carbocycles. The number of rotatable bonds is 4. The Labute approximate surface area is 128 Å². The molecule has 1 amide bonds. The van der Waals surface area contributed by atoms with Crippen molar-refractivity contribution in [1.29, 1.82) is 0 Å². The van der Waals surface area contributed by atoms with Crippen molar-refractivity contribution >= 4 is 16.9 Å². The summed E-state index contributed by atoms with van der Waals surface area (Å²) in [6.45, 7) is 6.29. The number of amides is 1. The van der Waals surface area contributed by atoms with Gasteiger partial charge in [-0.15, -0.1) is 0 Å². The number of aromatic nitrogens is 1. The highest BCUT2D eigenvalue weighted by Gasteiger charge is 2.12. The minimum Gasteiger partial charge on any atom is -0.464 e. The van der Waals surface area contributed by atoms with Crippen molar-refractivity contribution in [3.63, 3.8) is 0 Å². The number of nitrogens with one attached hydrogen (secondary N) is 1. The highest BCUT2D eigenvalue weighted by Crippen LogP contribution is 2.25. The zero-order valence-electron chi connectivity index (χ0n) is 12.9. The van der Waals surface area contributed by atoms with E-state index in [1.807, 2.05) is 19.9 Å². The van der Waals surface area contributed by atoms with Gasteiger partial charge in [0, 0.05) is 10.9 Å². The maximum atomic E-state index is 12.1. The molecule has 0 aliphatic rings. The Balaban J connectivity index is 1.71. The van der Waals surface area contributed by atoms with Crippen LogP contribution in [0.15, 0.2) is 33.6 Å². The molecule has 0 saturated carbocycles. The van der Waals surface area contributed by atoms with E-state index in [0.29, 0.717) is 12.3 Å². The molecule has 5 nitrogen and oxygen atoms in total. The molecule has 1 aromatic carbocycles. The van der Waals surface area contributed by atoms with Gasteiger partial charge in [0.15, 0.2) is 6.39 Å². The monoisotopic (exact) mass is 298 g/mol. The number of fused-ring (bicyclic) bond motifs is 1. The summed E-state index contributed by atoms with van der Waals surface area (Å²) in [6, 6.07) is 4.07. The zero-order valence-corrected chi connectivity index (χ0v) is 12.9. The lowest BCUT2D eigenvalue weighted by Gasteiger charge is -2.04. The number of furan rings is 1. The Morgan fingerprint density at radius 2 is 1.95 bits per heavy atom. The molecule has 0 saturated heterocycles. The third-order valence-electron chi connectivity index (χ3n) is 3.91. The van der Waals surface area contributed by atoms with Crippen molar-refractivity contribution in [3.8, 4) is 0 Å². The fourth-order valence-electron chi connectivity index (χ4n) is 2.38. The molecule has 2 aromatic heterocycles. The van der Waals surface area contributed by atoms with Gasteiger partial charge in [0.05, 0.1) is 24.9 Å². The van der Waals surface area contributed by atoms with E-state index < -0.39 is 0 Å². The van der Waals surface area contributed by atoms with Crippen molar-refractivity contribution in [3.05, 3.63) is 52.9 Å². The lowest BCUT2D eigenvalue weighted by molar-refractivity contribution is -0.120. The Morgan fingerprint density at radius 3 is 2.68 bits per heavy atom. The predicted octanol–water partition coefficient (Wildman–Crippen LogP) is 3.20. The molecule has 0 unspecified atom stereocenters. The molecular weight excluding hydrogens is 280 g/mol. The summed E-state index contributed by atoms with van der Waals surface area (Å²) in [6.07, 6.45) is 3.32. The van der Waals surface area contributed by atoms with E-state index in [4.69, 9.17) is 8.83 Å². The van der Waals surface area contributed by atoms with Gasteiger partial charge in [-0.25, -0.2) is 4.98 Å². The molecule has 1 N–H and O–H groups in total. The summed E-state index contributed by atoms with van der Waals surface area (Å²) in [5.41, 5.74) is 4.87. The number of carbonyl (C=O) groups is 1. The second-order valence-electron chi connectivity index (χ2n) is 5.51. The van der Waals surface area contributed by atoms with Crippen molar-refractivity contribution in [2.45, 2.75) is 33.7 Å². The second kappa shape index (κ2) is 5.67. The van der Waals surface area contributed by atoms with E-state index in [9.17, 15) is 4.79 Å². The number of hydrogen-bond donors (Lipinski definition) is 1. The number of carbonyl (C=O) groups excluding carboxylic acids is 1. The summed E-state index contributed by atoms with van der Waals surface area (Å²) in [7, 11) is 0. The first-order valence-corrected chi connectivity index (χ1v) is 7.17. The van der Waals surface area contributed by atoms with Crippen LogP contribution in [0.4, 0.5) is 0 Å². The highest BCUT2D eigenvalue weighted by molar-refractivity contribution is 5.88. The summed E-state index contributed by atoms with van der Waals surface area (Å²) in [5, 5.41) is 3.84. The van der Waals surface area contributed by atoms with Crippen LogP contribution in [0.1, 0.15) is 28.1 Å². The van der Waals surface area contributed by atoms with Gasteiger partial charge < -0.3 is 14.2 Å². The van der Waals surface area contributed by atoms with E-state index in [1.54, 1.807) is 6.26 Å². The number of aryl methyl sites for hydroxylation is 3. The van der Waals surface area contributed by atoms with Gasteiger partial charge in [-0.2, -0.15) is 0 Å². The van der Waals surface area contributed by atoms with Crippen molar-refractivity contribution in [2.24, 2.45) is 0 Å². The first-order chi connectivity index (χ1) is 10.5. The fraction of sp³-hybridized carbons (Fsp3) is 0.294. The van der Waals surface area contributed by atoms with Gasteiger partial charge in [0.25, 0.3) is 0 Å². The SMILES string of the molecule is Cc1cc2occ(CC(=O)NCc3ocnc3C)c2cc1C. The molecule has 0 spiro atoms. The molecule has 2 heterocycles. The summed E-state index contributed by atoms with van der Waals surface area (Å²) < 4.78 is 10.8. The number of hydrogen-bond acceptors (Lipinski definition) is 4. The van der Waals surface area contributed by atoms with Crippen LogP contribution in [-0.2, 0) is 17.8 Å². The number of benzene rings is 1. The average molecular weight is 298 g/mol. The van der Waals surface area contributed by atoms with Crippen LogP contribution in [0.5, 0.6) is 0 Å². The van der Waals surface area contributed by atoms with E-state index in [0.717, 1.165) is 22.2 Å². The maximum Gasteiger partial charge on any atom is 0.224 e. The largest absolute Gasteiger partial charge is 0.464 e. The number of oxazole rings is 1. The van der Waals surface area contributed by atoms with Crippen LogP contribution in [0, 0.1) is 20.8 Å². The topological polar surface area (TPSA) is 68.3 Å². The van der Waals surface area contributed by atoms with Crippen molar-refractivity contribution < 1.29 is 13.6 Å². The summed E-state index contributed by atoms with van der Waals surface area (Å²) >= 11 is 0. The van der Waals surface area contributed by atoms with E-state index >= 15 is 0 Å². The minimum absolute atomic E-state index is 0.0725. The third kappa shape index (κ3) is 2.74. The molecule has 3 rings (SSSR count). The quantitative estimate of drug-likeness (QED) is 0.803. The van der Waals surface area contributed by atoms with Crippen molar-refractivity contribution in [2.75, 3.05) is 0 Å². The Bertz CT molecular complexity index is 830. The van der Waals surface area contributed by atoms with Crippen LogP contribution in [0.3, 0.4) is 0 Å². The first-order valence-electron chi connectivity index (χ1n) is 7.17. The van der Waals surface area contributed by atoms with Gasteiger partial charge in [0.2, 0.25) is 5.91 Å². The molecule has 0 atom stereocenters. The summed E-state index contributed by atoms with van der Waals surface area (Å²) in [4.78, 5) is 16.1. The fourth-order valence-corrected chi connectivity index (χ4v) is 2.38. The van der Waals surface area contributed by atoms with Gasteiger partial charge in [-0.3, -0.25) is 4.79 Å². The maximum absolute atomic E-state index is 12.1. The smallest absolute Gasteiger partial charge is 0.224 e. The predicted molar refractivity (Wildman–Crippen MR) is 82.5 cm³/mol. The molecular formula is C17H18N2O3. The molecule has 0 aliphatic heterocycles. The standard InChI is InChI=1S/C17H18N2O3/c1-10-4-14-13(8-21-15(14)5-11(10)2)6-17(20)18-7-16-12(3)19-9-22-16/h4-5,8-9H,6-7H2,1-3H3,(H,18,20). The normalized spacial score (nSPS) is 11.0. The van der Waals surface area contributed by atoms with Crippen LogP contribution in [0.2, 0.25) is 0 Å². The Morgan fingerprint density at radius 1 is 1.18 bits per heavy atom. The molecule has 0 bridgehead atoms. The van der Waals surface area contributed by atoms with Gasteiger partial charge in [-0.1, -0.05) is 0 Å². The third-order valence-corrected chi connectivity index (χ3v) is 3.91. The lowest BCUT2D eigenvalue weighted by atomic mass is 10.0. The zero-order chi connectivity index (χ0) is 15.7. The van der Waals surface area contributed by atoms with E-state index in [-0.39, 0.29) is 12.3 Å². The van der Waals surface area contributed by atoms with E-state index in [2.05, 4.69) is 23.3 Å².